The number of ether oxygens (including phenoxy) is 2. The third-order valence-electron chi connectivity index (χ3n) is 6.59. The van der Waals surface area contributed by atoms with E-state index in [0.29, 0.717) is 18.5 Å². The van der Waals surface area contributed by atoms with Crippen LogP contribution in [0.1, 0.15) is 149 Å². The summed E-state index contributed by atoms with van der Waals surface area (Å²) in [7, 11) is 0. The molecule has 0 bridgehead atoms. The molecular weight excluding hydrogens is 518 g/mol. The molecule has 0 aromatic rings. The number of hydrogen-bond acceptors (Lipinski definition) is 4. The van der Waals surface area contributed by atoms with Crippen LogP contribution in [0.2, 0.25) is 0 Å². The van der Waals surface area contributed by atoms with Gasteiger partial charge in [0, 0.05) is 23.9 Å². The Morgan fingerprint density at radius 3 is 1.67 bits per heavy atom. The first-order valence-electron chi connectivity index (χ1n) is 14.9. The van der Waals surface area contributed by atoms with Crippen molar-refractivity contribution in [3.8, 4) is 0 Å². The predicted molar refractivity (Wildman–Crippen MR) is 156 cm³/mol. The third kappa shape index (κ3) is 23.4. The molecule has 1 atom stereocenters. The van der Waals surface area contributed by atoms with Crippen molar-refractivity contribution in [3.05, 3.63) is 11.6 Å². The van der Waals surface area contributed by atoms with Crippen molar-refractivity contribution in [2.75, 3.05) is 11.9 Å². The van der Waals surface area contributed by atoms with Crippen molar-refractivity contribution in [1.82, 2.24) is 5.32 Å². The second-order valence-corrected chi connectivity index (χ2v) is 10.8. The maximum atomic E-state index is 12.2. The van der Waals surface area contributed by atoms with Crippen LogP contribution in [-0.2, 0) is 14.3 Å². The summed E-state index contributed by atoms with van der Waals surface area (Å²) < 4.78 is 10.8. The first-order chi connectivity index (χ1) is 17.5. The topological polar surface area (TPSA) is 64.6 Å². The van der Waals surface area contributed by atoms with Gasteiger partial charge in [-0.2, -0.15) is 0 Å². The average molecular weight is 575 g/mol. The molecule has 1 amide bonds. The zero-order chi connectivity index (χ0) is 26.7. The summed E-state index contributed by atoms with van der Waals surface area (Å²) in [5.74, 6) is -0.332. The number of halogens is 1. The summed E-state index contributed by atoms with van der Waals surface area (Å²) in [6.07, 6.45) is 24.6. The number of carbonyl (C=O) groups is 2. The van der Waals surface area contributed by atoms with Crippen LogP contribution in [0.5, 0.6) is 0 Å². The largest absolute Gasteiger partial charge is 0.421 e. The van der Waals surface area contributed by atoms with Gasteiger partial charge in [-0.05, 0) is 33.1 Å². The first kappa shape index (κ1) is 35.0. The predicted octanol–water partition coefficient (Wildman–Crippen LogP) is 9.76. The fourth-order valence-corrected chi connectivity index (χ4v) is 4.46. The van der Waals surface area contributed by atoms with Crippen LogP contribution in [0.25, 0.3) is 0 Å². The molecule has 1 unspecified atom stereocenters. The van der Waals surface area contributed by atoms with Crippen LogP contribution >= 0.6 is 15.9 Å². The summed E-state index contributed by atoms with van der Waals surface area (Å²) in [6.45, 7) is 6.49. The molecule has 212 valence electrons. The highest BCUT2D eigenvalue weighted by Crippen LogP contribution is 2.14. The van der Waals surface area contributed by atoms with Gasteiger partial charge < -0.3 is 14.8 Å². The minimum absolute atomic E-state index is 0.332. The number of unbranched alkanes of at least 4 members (excludes halogenated alkanes) is 17. The van der Waals surface area contributed by atoms with Crippen molar-refractivity contribution in [2.45, 2.75) is 155 Å². The summed E-state index contributed by atoms with van der Waals surface area (Å²) in [4.78, 5) is 24.2. The summed E-state index contributed by atoms with van der Waals surface area (Å²) in [5.41, 5.74) is 0.710. The van der Waals surface area contributed by atoms with Gasteiger partial charge in [0.15, 0.2) is 0 Å². The van der Waals surface area contributed by atoms with Gasteiger partial charge in [0.25, 0.3) is 6.29 Å². The molecule has 0 saturated heterocycles. The quantitative estimate of drug-likeness (QED) is 0.0388. The van der Waals surface area contributed by atoms with E-state index in [1.54, 1.807) is 13.0 Å². The second-order valence-electron chi connectivity index (χ2n) is 9.99. The molecule has 0 aliphatic rings. The first-order valence-corrected chi connectivity index (χ1v) is 16.0. The third-order valence-corrected chi connectivity index (χ3v) is 7.15. The zero-order valence-corrected chi connectivity index (χ0v) is 25.3. The average Bonchev–Trinajstić information content (AvgIpc) is 2.87. The Bertz CT molecular complexity index is 553. The second kappa shape index (κ2) is 27.0. The zero-order valence-electron chi connectivity index (χ0n) is 23.7. The number of esters is 1. The minimum Gasteiger partial charge on any atom is -0.421 e. The molecule has 0 aliphatic heterocycles. The molecule has 0 heterocycles. The van der Waals surface area contributed by atoms with Gasteiger partial charge in [-0.1, -0.05) is 132 Å². The lowest BCUT2D eigenvalue weighted by Crippen LogP contribution is -2.32. The number of hydrogen-bond donors (Lipinski definition) is 1. The van der Waals surface area contributed by atoms with Gasteiger partial charge in [-0.25, -0.2) is 4.79 Å². The number of alkyl carbamates (subject to hydrolysis) is 1. The Kier molecular flexibility index (Phi) is 26.2. The van der Waals surface area contributed by atoms with E-state index in [9.17, 15) is 9.59 Å². The van der Waals surface area contributed by atoms with Crippen LogP contribution in [0, 0.1) is 0 Å². The van der Waals surface area contributed by atoms with Crippen LogP contribution in [-0.4, -0.2) is 30.2 Å². The van der Waals surface area contributed by atoms with Crippen LogP contribution < -0.4 is 5.32 Å². The van der Waals surface area contributed by atoms with E-state index in [-0.39, 0.29) is 5.97 Å². The van der Waals surface area contributed by atoms with Crippen molar-refractivity contribution < 1.29 is 19.1 Å². The fourth-order valence-electron chi connectivity index (χ4n) is 4.07. The van der Waals surface area contributed by atoms with Gasteiger partial charge in [-0.15, -0.1) is 0 Å². The molecule has 0 aliphatic carbocycles. The number of amides is 1. The van der Waals surface area contributed by atoms with Crippen molar-refractivity contribution in [3.63, 3.8) is 0 Å². The Balaban J connectivity index is 3.68. The lowest BCUT2D eigenvalue weighted by Gasteiger charge is -2.19. The Morgan fingerprint density at radius 1 is 0.722 bits per heavy atom. The smallest absolute Gasteiger partial charge is 0.410 e. The van der Waals surface area contributed by atoms with Gasteiger partial charge in [-0.3, -0.25) is 4.79 Å². The highest BCUT2D eigenvalue weighted by atomic mass is 79.9. The highest BCUT2D eigenvalue weighted by Gasteiger charge is 2.20. The Labute approximate surface area is 231 Å². The summed E-state index contributed by atoms with van der Waals surface area (Å²) in [6, 6.07) is 0. The van der Waals surface area contributed by atoms with Gasteiger partial charge in [0.2, 0.25) is 0 Å². The van der Waals surface area contributed by atoms with E-state index >= 15 is 0 Å². The molecular formula is C30H56BrNO4. The van der Waals surface area contributed by atoms with Crippen molar-refractivity contribution >= 4 is 28.0 Å². The van der Waals surface area contributed by atoms with E-state index in [0.717, 1.165) is 37.4 Å². The Hall–Kier alpha value is -1.04. The van der Waals surface area contributed by atoms with E-state index in [2.05, 4.69) is 28.2 Å². The molecule has 36 heavy (non-hydrogen) atoms. The SMILES string of the molecule is CC=C(C)C(OC(=O)CCCCCBr)OC(=O)NCCCCCCCCCCCCCCCCCC. The van der Waals surface area contributed by atoms with Gasteiger partial charge in [0.05, 0.1) is 0 Å². The van der Waals surface area contributed by atoms with Gasteiger partial charge in [0.1, 0.15) is 0 Å². The molecule has 0 saturated carbocycles. The molecule has 0 radical (unpaired) electrons. The normalized spacial score (nSPS) is 12.4. The van der Waals surface area contributed by atoms with E-state index in [1.165, 1.54) is 89.9 Å². The standard InChI is InChI=1S/C30H56BrNO4/c1-4-6-7-8-9-10-11-12-13-14-15-16-17-18-19-23-26-32-30(34)36-29(27(3)5-2)35-28(33)24-21-20-22-25-31/h5,29H,4,6-26H2,1-3H3,(H,32,34). The number of rotatable bonds is 25. The lowest BCUT2D eigenvalue weighted by molar-refractivity contribution is -0.162. The van der Waals surface area contributed by atoms with Crippen LogP contribution in [0.3, 0.4) is 0 Å². The summed E-state index contributed by atoms with van der Waals surface area (Å²) in [5, 5.41) is 3.73. The fraction of sp³-hybridized carbons (Fsp3) is 0.867. The lowest BCUT2D eigenvalue weighted by atomic mass is 10.0. The molecule has 0 rings (SSSR count). The highest BCUT2D eigenvalue weighted by molar-refractivity contribution is 9.09. The minimum atomic E-state index is -0.954. The molecule has 1 N–H and O–H groups in total. The Morgan fingerprint density at radius 2 is 1.19 bits per heavy atom. The maximum Gasteiger partial charge on any atom is 0.410 e. The van der Waals surface area contributed by atoms with Crippen molar-refractivity contribution in [1.29, 1.82) is 0 Å². The van der Waals surface area contributed by atoms with E-state index in [4.69, 9.17) is 9.47 Å². The molecule has 5 nitrogen and oxygen atoms in total. The summed E-state index contributed by atoms with van der Waals surface area (Å²) >= 11 is 3.39. The molecule has 0 spiro atoms. The monoisotopic (exact) mass is 573 g/mol. The molecule has 0 aromatic carbocycles. The van der Waals surface area contributed by atoms with Crippen molar-refractivity contribution in [2.24, 2.45) is 0 Å². The van der Waals surface area contributed by atoms with E-state index in [1.807, 2.05) is 6.92 Å². The number of carbonyl (C=O) groups excluding carboxylic acids is 2. The number of allylic oxidation sites excluding steroid dienone is 1. The van der Waals surface area contributed by atoms with Crippen LogP contribution in [0.4, 0.5) is 4.79 Å². The molecule has 0 fully saturated rings. The van der Waals surface area contributed by atoms with E-state index < -0.39 is 12.4 Å². The van der Waals surface area contributed by atoms with Crippen LogP contribution in [0.15, 0.2) is 11.6 Å². The maximum absolute atomic E-state index is 12.2. The number of nitrogens with one attached hydrogen (secondary N) is 1. The molecule has 0 aromatic heterocycles. The van der Waals surface area contributed by atoms with Gasteiger partial charge >= 0.3 is 12.1 Å². The molecule has 6 heteroatoms. The number of alkyl halides is 1.